The maximum Gasteiger partial charge on any atom is 0.451 e. The SMILES string of the molecule is C[C@H](N)C(=O)NC[C@H](N)C(=O)NS(=O)(=O)N1C[C@H](CCCB(O)O)[C@](N)(C(=O)O)C1. The highest BCUT2D eigenvalue weighted by Gasteiger charge is 2.52. The van der Waals surface area contributed by atoms with Crippen LogP contribution in [0.1, 0.15) is 19.8 Å². The van der Waals surface area contributed by atoms with Gasteiger partial charge in [0.1, 0.15) is 11.6 Å². The molecule has 0 radical (unpaired) electrons. The molecule has 0 aromatic rings. The number of carbonyl (C=O) groups is 3. The molecule has 0 spiro atoms. The standard InChI is InChI=1S/C14H29BN6O8S/c1-8(16)11(22)19-5-10(17)12(23)20-30(28,29)21-6-9(3-2-4-15(26)27)14(18,7-21)13(24)25/h8-10,26-27H,2-7,16-18H2,1H3,(H,19,22)(H,20,23)(H,24,25)/t8-,9-,10-,14-/m0/s1. The van der Waals surface area contributed by atoms with Gasteiger partial charge in [0.05, 0.1) is 6.04 Å². The van der Waals surface area contributed by atoms with Crippen LogP contribution in [0.15, 0.2) is 0 Å². The number of nitrogens with two attached hydrogens (primary N) is 3. The van der Waals surface area contributed by atoms with Gasteiger partial charge >= 0.3 is 23.3 Å². The van der Waals surface area contributed by atoms with E-state index < -0.39 is 65.2 Å². The molecular formula is C14H29BN6O8S. The molecule has 172 valence electrons. The first kappa shape index (κ1) is 26.2. The number of carbonyl (C=O) groups excluding carboxylic acids is 2. The molecule has 1 saturated heterocycles. The predicted molar refractivity (Wildman–Crippen MR) is 106 cm³/mol. The lowest BCUT2D eigenvalue weighted by Crippen LogP contribution is -2.56. The van der Waals surface area contributed by atoms with Gasteiger partial charge < -0.3 is 37.7 Å². The number of carboxylic acid groups (broad SMARTS) is 1. The summed E-state index contributed by atoms with van der Waals surface area (Å²) in [6.07, 6.45) is 0.305. The number of aliphatic carboxylic acids is 1. The number of hydrogen-bond acceptors (Lipinski definition) is 10. The van der Waals surface area contributed by atoms with Crippen LogP contribution in [0.25, 0.3) is 0 Å². The van der Waals surface area contributed by atoms with Crippen LogP contribution in [0.5, 0.6) is 0 Å². The lowest BCUT2D eigenvalue weighted by atomic mass is 9.78. The lowest BCUT2D eigenvalue weighted by Gasteiger charge is -2.25. The summed E-state index contributed by atoms with van der Waals surface area (Å²) in [6, 6.07) is -2.24. The Morgan fingerprint density at radius 1 is 1.27 bits per heavy atom. The van der Waals surface area contributed by atoms with Crippen molar-refractivity contribution in [3.05, 3.63) is 0 Å². The summed E-state index contributed by atoms with van der Waals surface area (Å²) in [5.41, 5.74) is 14.9. The van der Waals surface area contributed by atoms with Crippen LogP contribution in [0, 0.1) is 5.92 Å². The fourth-order valence-electron chi connectivity index (χ4n) is 2.95. The molecule has 14 nitrogen and oxygen atoms in total. The van der Waals surface area contributed by atoms with Crippen LogP contribution >= 0.6 is 0 Å². The highest BCUT2D eigenvalue weighted by Crippen LogP contribution is 2.31. The molecule has 30 heavy (non-hydrogen) atoms. The van der Waals surface area contributed by atoms with E-state index in [9.17, 15) is 27.9 Å². The van der Waals surface area contributed by atoms with Gasteiger partial charge in [-0.2, -0.15) is 12.7 Å². The van der Waals surface area contributed by atoms with Crippen molar-refractivity contribution >= 4 is 35.1 Å². The van der Waals surface area contributed by atoms with Gasteiger partial charge in [0, 0.05) is 25.6 Å². The van der Waals surface area contributed by atoms with E-state index in [4.69, 9.17) is 27.2 Å². The fourth-order valence-corrected chi connectivity index (χ4v) is 4.24. The number of nitrogens with one attached hydrogen (secondary N) is 2. The van der Waals surface area contributed by atoms with E-state index in [1.54, 1.807) is 4.72 Å². The van der Waals surface area contributed by atoms with Crippen molar-refractivity contribution in [2.45, 2.75) is 43.7 Å². The Morgan fingerprint density at radius 2 is 1.87 bits per heavy atom. The van der Waals surface area contributed by atoms with Crippen molar-refractivity contribution in [1.29, 1.82) is 0 Å². The Bertz CT molecular complexity index is 751. The molecule has 2 amide bonds. The molecule has 0 aromatic carbocycles. The molecule has 0 unspecified atom stereocenters. The molecule has 0 bridgehead atoms. The van der Waals surface area contributed by atoms with E-state index in [0.717, 1.165) is 4.31 Å². The predicted octanol–water partition coefficient (Wildman–Crippen LogP) is -4.89. The number of nitrogens with zero attached hydrogens (tertiary/aromatic N) is 1. The van der Waals surface area contributed by atoms with E-state index >= 15 is 0 Å². The molecule has 1 aliphatic rings. The Hall–Kier alpha value is -1.82. The van der Waals surface area contributed by atoms with Crippen molar-refractivity contribution in [1.82, 2.24) is 14.3 Å². The smallest absolute Gasteiger partial charge is 0.451 e. The molecule has 1 fully saturated rings. The molecule has 0 aliphatic carbocycles. The first-order valence-electron chi connectivity index (χ1n) is 9.19. The topological polar surface area (TPSA) is 251 Å². The van der Waals surface area contributed by atoms with Gasteiger partial charge in [-0.05, 0) is 19.7 Å². The van der Waals surface area contributed by atoms with Gasteiger partial charge in [0.25, 0.3) is 5.91 Å². The Kier molecular flexibility index (Phi) is 9.15. The molecule has 11 N–H and O–H groups in total. The summed E-state index contributed by atoms with van der Waals surface area (Å²) in [6.45, 7) is 0.180. The number of rotatable bonds is 11. The Balaban J connectivity index is 2.80. The quantitative estimate of drug-likeness (QED) is 0.138. The van der Waals surface area contributed by atoms with E-state index in [1.165, 1.54) is 6.92 Å². The monoisotopic (exact) mass is 452 g/mol. The van der Waals surface area contributed by atoms with Gasteiger partial charge in [-0.1, -0.05) is 6.42 Å². The van der Waals surface area contributed by atoms with Crippen molar-refractivity contribution in [2.75, 3.05) is 19.6 Å². The molecule has 4 atom stereocenters. The minimum atomic E-state index is -4.46. The zero-order chi connectivity index (χ0) is 23.3. The number of hydrogen-bond donors (Lipinski definition) is 8. The molecule has 1 rings (SSSR count). The van der Waals surface area contributed by atoms with Crippen LogP contribution in [0.2, 0.25) is 6.32 Å². The summed E-state index contributed by atoms with van der Waals surface area (Å²) >= 11 is 0. The van der Waals surface area contributed by atoms with Crippen molar-refractivity contribution < 1.29 is 38.0 Å². The van der Waals surface area contributed by atoms with E-state index in [-0.39, 0.29) is 32.3 Å². The second-order valence-corrected chi connectivity index (χ2v) is 9.03. The van der Waals surface area contributed by atoms with Crippen LogP contribution < -0.4 is 27.2 Å². The molecule has 0 saturated carbocycles. The third-order valence-corrected chi connectivity index (χ3v) is 6.24. The average molecular weight is 452 g/mol. The average Bonchev–Trinajstić information content (AvgIpc) is 2.97. The Morgan fingerprint density at radius 3 is 2.37 bits per heavy atom. The van der Waals surface area contributed by atoms with E-state index in [1.807, 2.05) is 0 Å². The minimum Gasteiger partial charge on any atom is -0.480 e. The summed E-state index contributed by atoms with van der Waals surface area (Å²) < 4.78 is 27.5. The second kappa shape index (κ2) is 10.5. The minimum absolute atomic E-state index is 0.0301. The van der Waals surface area contributed by atoms with E-state index in [0.29, 0.717) is 0 Å². The molecular weight excluding hydrogens is 423 g/mol. The zero-order valence-corrected chi connectivity index (χ0v) is 17.3. The van der Waals surface area contributed by atoms with Gasteiger partial charge in [0.2, 0.25) is 5.91 Å². The van der Waals surface area contributed by atoms with Gasteiger partial charge in [-0.25, -0.2) is 4.72 Å². The highest BCUT2D eigenvalue weighted by molar-refractivity contribution is 7.87. The number of amides is 2. The van der Waals surface area contributed by atoms with Gasteiger partial charge in [0.15, 0.2) is 0 Å². The van der Waals surface area contributed by atoms with Crippen molar-refractivity contribution in [3.8, 4) is 0 Å². The van der Waals surface area contributed by atoms with Crippen molar-refractivity contribution in [3.63, 3.8) is 0 Å². The van der Waals surface area contributed by atoms with Gasteiger partial charge in [-0.15, -0.1) is 0 Å². The van der Waals surface area contributed by atoms with E-state index in [2.05, 4.69) is 5.32 Å². The molecule has 1 heterocycles. The molecule has 1 aliphatic heterocycles. The van der Waals surface area contributed by atoms with Crippen LogP contribution in [-0.4, -0.2) is 90.0 Å². The second-order valence-electron chi connectivity index (χ2n) is 7.36. The lowest BCUT2D eigenvalue weighted by molar-refractivity contribution is -0.144. The molecule has 16 heteroatoms. The van der Waals surface area contributed by atoms with Gasteiger partial charge in [-0.3, -0.25) is 14.4 Å². The highest BCUT2D eigenvalue weighted by atomic mass is 32.2. The summed E-state index contributed by atoms with van der Waals surface area (Å²) in [7, 11) is -6.04. The summed E-state index contributed by atoms with van der Waals surface area (Å²) in [4.78, 5) is 35.1. The van der Waals surface area contributed by atoms with Crippen molar-refractivity contribution in [2.24, 2.45) is 23.1 Å². The van der Waals surface area contributed by atoms with Crippen LogP contribution in [0.4, 0.5) is 0 Å². The Labute approximate surface area is 174 Å². The third-order valence-electron chi connectivity index (χ3n) is 4.82. The third kappa shape index (κ3) is 6.87. The fraction of sp³-hybridized carbons (Fsp3) is 0.786. The van der Waals surface area contributed by atoms with Crippen LogP contribution in [0.3, 0.4) is 0 Å². The summed E-state index contributed by atoms with van der Waals surface area (Å²) in [5, 5.41) is 29.6. The normalized spacial score (nSPS) is 24.1. The summed E-state index contributed by atoms with van der Waals surface area (Å²) in [5.74, 6) is -3.92. The maximum absolute atomic E-state index is 12.5. The first-order valence-corrected chi connectivity index (χ1v) is 10.6. The van der Waals surface area contributed by atoms with Crippen LogP contribution in [-0.2, 0) is 24.6 Å². The zero-order valence-electron chi connectivity index (χ0n) is 16.5. The number of carboxylic acids is 1. The largest absolute Gasteiger partial charge is 0.480 e. The molecule has 0 aromatic heterocycles. The maximum atomic E-state index is 12.5. The first-order chi connectivity index (χ1) is 13.7.